The molecule has 22 heavy (non-hydrogen) atoms. The Kier molecular flexibility index (Phi) is 6.84. The monoisotopic (exact) mass is 339 g/mol. The topological polar surface area (TPSA) is 30.5 Å². The summed E-state index contributed by atoms with van der Waals surface area (Å²) in [4.78, 5) is 0. The second-order valence-electron chi connectivity index (χ2n) is 4.64. The van der Waals surface area contributed by atoms with Crippen LogP contribution in [0.25, 0.3) is 0 Å². The third-order valence-electron chi connectivity index (χ3n) is 3.06. The van der Waals surface area contributed by atoms with Crippen molar-refractivity contribution in [3.8, 4) is 5.75 Å². The fourth-order valence-corrected chi connectivity index (χ4v) is 2.27. The Morgan fingerprint density at radius 2 is 1.77 bits per heavy atom. The summed E-state index contributed by atoms with van der Waals surface area (Å²) >= 11 is 12.1. The van der Waals surface area contributed by atoms with Gasteiger partial charge in [-0.05, 0) is 36.8 Å². The SMILES string of the molecule is CCOCCOc1ccc(CNc2cccc(Cl)c2Cl)cc1. The van der Waals surface area contributed by atoms with E-state index in [-0.39, 0.29) is 0 Å². The average molecular weight is 340 g/mol. The van der Waals surface area contributed by atoms with Crippen molar-refractivity contribution in [3.63, 3.8) is 0 Å². The first-order valence-corrected chi connectivity index (χ1v) is 7.93. The zero-order chi connectivity index (χ0) is 15.8. The van der Waals surface area contributed by atoms with Crippen molar-refractivity contribution in [2.45, 2.75) is 13.5 Å². The van der Waals surface area contributed by atoms with Gasteiger partial charge in [-0.3, -0.25) is 0 Å². The summed E-state index contributed by atoms with van der Waals surface area (Å²) in [5.41, 5.74) is 1.96. The van der Waals surface area contributed by atoms with Gasteiger partial charge in [0.1, 0.15) is 12.4 Å². The van der Waals surface area contributed by atoms with E-state index >= 15 is 0 Å². The van der Waals surface area contributed by atoms with Gasteiger partial charge >= 0.3 is 0 Å². The molecule has 118 valence electrons. The van der Waals surface area contributed by atoms with Crippen LogP contribution in [0.5, 0.6) is 5.75 Å². The Hall–Kier alpha value is -1.42. The smallest absolute Gasteiger partial charge is 0.119 e. The van der Waals surface area contributed by atoms with Crippen molar-refractivity contribution >= 4 is 28.9 Å². The van der Waals surface area contributed by atoms with Gasteiger partial charge < -0.3 is 14.8 Å². The van der Waals surface area contributed by atoms with Gasteiger partial charge in [-0.2, -0.15) is 0 Å². The number of hydrogen-bond acceptors (Lipinski definition) is 3. The molecule has 0 aliphatic carbocycles. The highest BCUT2D eigenvalue weighted by Crippen LogP contribution is 2.29. The predicted molar refractivity (Wildman–Crippen MR) is 92.2 cm³/mol. The lowest BCUT2D eigenvalue weighted by Crippen LogP contribution is -2.06. The fraction of sp³-hybridized carbons (Fsp3) is 0.294. The van der Waals surface area contributed by atoms with Gasteiger partial charge in [-0.1, -0.05) is 41.4 Å². The number of halogens is 2. The quantitative estimate of drug-likeness (QED) is 0.685. The van der Waals surface area contributed by atoms with E-state index in [9.17, 15) is 0 Å². The van der Waals surface area contributed by atoms with E-state index in [1.807, 2.05) is 43.3 Å². The highest BCUT2D eigenvalue weighted by Gasteiger charge is 2.03. The van der Waals surface area contributed by atoms with E-state index in [4.69, 9.17) is 32.7 Å². The zero-order valence-electron chi connectivity index (χ0n) is 12.4. The van der Waals surface area contributed by atoms with Crippen molar-refractivity contribution in [1.82, 2.24) is 0 Å². The maximum Gasteiger partial charge on any atom is 0.119 e. The molecule has 0 amide bonds. The lowest BCUT2D eigenvalue weighted by atomic mass is 10.2. The molecule has 0 heterocycles. The van der Waals surface area contributed by atoms with Crippen molar-refractivity contribution in [1.29, 1.82) is 0 Å². The number of nitrogens with one attached hydrogen (secondary N) is 1. The average Bonchev–Trinajstić information content (AvgIpc) is 2.54. The van der Waals surface area contributed by atoms with Gasteiger partial charge in [0.2, 0.25) is 0 Å². The predicted octanol–water partition coefficient (Wildman–Crippen LogP) is 5.02. The molecule has 2 rings (SSSR count). The summed E-state index contributed by atoms with van der Waals surface area (Å²) in [6, 6.07) is 13.5. The Balaban J connectivity index is 1.85. The second-order valence-corrected chi connectivity index (χ2v) is 5.43. The number of rotatable bonds is 8. The second kappa shape index (κ2) is 8.89. The van der Waals surface area contributed by atoms with Crippen LogP contribution in [0.1, 0.15) is 12.5 Å². The molecule has 0 unspecified atom stereocenters. The minimum Gasteiger partial charge on any atom is -0.491 e. The highest BCUT2D eigenvalue weighted by atomic mass is 35.5. The van der Waals surface area contributed by atoms with Gasteiger partial charge in [0, 0.05) is 13.2 Å². The third-order valence-corrected chi connectivity index (χ3v) is 3.88. The molecule has 0 aliphatic heterocycles. The molecule has 0 radical (unpaired) electrons. The number of benzene rings is 2. The van der Waals surface area contributed by atoms with Crippen molar-refractivity contribution in [2.75, 3.05) is 25.1 Å². The fourth-order valence-electron chi connectivity index (χ4n) is 1.90. The van der Waals surface area contributed by atoms with Crippen LogP contribution in [0.15, 0.2) is 42.5 Å². The molecule has 0 aromatic heterocycles. The van der Waals surface area contributed by atoms with E-state index in [1.54, 1.807) is 6.07 Å². The van der Waals surface area contributed by atoms with E-state index in [2.05, 4.69) is 5.32 Å². The first-order chi connectivity index (χ1) is 10.7. The van der Waals surface area contributed by atoms with Crippen LogP contribution in [-0.2, 0) is 11.3 Å². The van der Waals surface area contributed by atoms with E-state index in [0.717, 1.165) is 17.0 Å². The summed E-state index contributed by atoms with van der Waals surface area (Å²) in [6.45, 7) is 4.50. The molecule has 0 spiro atoms. The number of ether oxygens (including phenoxy) is 2. The molecule has 0 saturated carbocycles. The summed E-state index contributed by atoms with van der Waals surface area (Å²) < 4.78 is 10.8. The van der Waals surface area contributed by atoms with Crippen LogP contribution in [-0.4, -0.2) is 19.8 Å². The Morgan fingerprint density at radius 1 is 1.00 bits per heavy atom. The molecule has 0 atom stereocenters. The van der Waals surface area contributed by atoms with Gasteiger partial charge in [-0.15, -0.1) is 0 Å². The standard InChI is InChI=1S/C17H19Cl2NO2/c1-2-21-10-11-22-14-8-6-13(7-9-14)12-20-16-5-3-4-15(18)17(16)19/h3-9,20H,2,10-12H2,1H3. The highest BCUT2D eigenvalue weighted by molar-refractivity contribution is 6.43. The van der Waals surface area contributed by atoms with Gasteiger partial charge in [-0.25, -0.2) is 0 Å². The van der Waals surface area contributed by atoms with Gasteiger partial charge in [0.15, 0.2) is 0 Å². The van der Waals surface area contributed by atoms with Gasteiger partial charge in [0.25, 0.3) is 0 Å². The summed E-state index contributed by atoms with van der Waals surface area (Å²) in [6.07, 6.45) is 0. The number of anilines is 1. The summed E-state index contributed by atoms with van der Waals surface area (Å²) in [5.74, 6) is 0.837. The van der Waals surface area contributed by atoms with Crippen LogP contribution in [0, 0.1) is 0 Å². The van der Waals surface area contributed by atoms with Crippen molar-refractivity contribution < 1.29 is 9.47 Å². The molecule has 2 aromatic rings. The van der Waals surface area contributed by atoms with E-state index in [0.29, 0.717) is 36.4 Å². The van der Waals surface area contributed by atoms with Crippen LogP contribution < -0.4 is 10.1 Å². The Bertz CT molecular complexity index is 588. The maximum atomic E-state index is 6.14. The Labute approximate surface area is 141 Å². The van der Waals surface area contributed by atoms with Crippen LogP contribution >= 0.6 is 23.2 Å². The van der Waals surface area contributed by atoms with Crippen LogP contribution in [0.2, 0.25) is 10.0 Å². The molecule has 0 aliphatic rings. The molecule has 0 fully saturated rings. The van der Waals surface area contributed by atoms with Crippen molar-refractivity contribution in [3.05, 3.63) is 58.1 Å². The Morgan fingerprint density at radius 3 is 2.50 bits per heavy atom. The third kappa shape index (κ3) is 5.09. The first kappa shape index (κ1) is 16.9. The van der Waals surface area contributed by atoms with Crippen molar-refractivity contribution in [2.24, 2.45) is 0 Å². The molecule has 0 bridgehead atoms. The minimum atomic E-state index is 0.542. The molecule has 1 N–H and O–H groups in total. The molecule has 0 saturated heterocycles. The van der Waals surface area contributed by atoms with E-state index < -0.39 is 0 Å². The largest absolute Gasteiger partial charge is 0.491 e. The maximum absolute atomic E-state index is 6.14. The molecule has 5 heteroatoms. The lowest BCUT2D eigenvalue weighted by Gasteiger charge is -2.10. The van der Waals surface area contributed by atoms with Crippen LogP contribution in [0.3, 0.4) is 0 Å². The first-order valence-electron chi connectivity index (χ1n) is 7.18. The summed E-state index contributed by atoms with van der Waals surface area (Å²) in [7, 11) is 0. The summed E-state index contributed by atoms with van der Waals surface area (Å²) in [5, 5.41) is 4.36. The van der Waals surface area contributed by atoms with E-state index in [1.165, 1.54) is 0 Å². The molecular weight excluding hydrogens is 321 g/mol. The molecule has 2 aromatic carbocycles. The molecule has 3 nitrogen and oxygen atoms in total. The normalized spacial score (nSPS) is 10.5. The van der Waals surface area contributed by atoms with Gasteiger partial charge in [0.05, 0.1) is 22.3 Å². The molecular formula is C17H19Cl2NO2. The lowest BCUT2D eigenvalue weighted by molar-refractivity contribution is 0.110. The van der Waals surface area contributed by atoms with Crippen LogP contribution in [0.4, 0.5) is 5.69 Å². The minimum absolute atomic E-state index is 0.542. The number of hydrogen-bond donors (Lipinski definition) is 1. The zero-order valence-corrected chi connectivity index (χ0v) is 14.0.